The summed E-state index contributed by atoms with van der Waals surface area (Å²) < 4.78 is 0. The van der Waals surface area contributed by atoms with Crippen molar-refractivity contribution in [3.63, 3.8) is 0 Å². The van der Waals surface area contributed by atoms with Gasteiger partial charge in [-0.3, -0.25) is 9.69 Å². The van der Waals surface area contributed by atoms with Crippen molar-refractivity contribution in [2.24, 2.45) is 5.73 Å². The van der Waals surface area contributed by atoms with Crippen LogP contribution in [0, 0.1) is 0 Å². The molecule has 4 heteroatoms. The second kappa shape index (κ2) is 5.54. The Morgan fingerprint density at radius 1 is 1.30 bits per heavy atom. The van der Waals surface area contributed by atoms with Gasteiger partial charge in [-0.2, -0.15) is 0 Å². The molecule has 0 spiro atoms. The Kier molecular flexibility index (Phi) is 3.76. The van der Waals surface area contributed by atoms with Gasteiger partial charge >= 0.3 is 0 Å². The first-order valence-corrected chi connectivity index (χ1v) is 7.43. The Morgan fingerprint density at radius 3 is 2.65 bits per heavy atom. The van der Waals surface area contributed by atoms with Gasteiger partial charge in [0.05, 0.1) is 6.54 Å². The van der Waals surface area contributed by atoms with Gasteiger partial charge in [0.15, 0.2) is 0 Å². The van der Waals surface area contributed by atoms with Crippen LogP contribution in [-0.4, -0.2) is 54.5 Å². The van der Waals surface area contributed by atoms with Gasteiger partial charge in [-0.05, 0) is 18.4 Å². The zero-order valence-electron chi connectivity index (χ0n) is 12.0. The third-order valence-corrected chi connectivity index (χ3v) is 4.52. The summed E-state index contributed by atoms with van der Waals surface area (Å²) in [5.41, 5.74) is 7.54. The van der Waals surface area contributed by atoms with E-state index < -0.39 is 0 Å². The molecular weight excluding hydrogens is 250 g/mol. The number of likely N-dealkylation sites (tertiary alicyclic amines) is 1. The van der Waals surface area contributed by atoms with Gasteiger partial charge in [-0.25, -0.2) is 0 Å². The minimum absolute atomic E-state index is 0.122. The molecule has 1 heterocycles. The first-order chi connectivity index (χ1) is 9.65. The monoisotopic (exact) mass is 273 g/mol. The summed E-state index contributed by atoms with van der Waals surface area (Å²) >= 11 is 0. The molecular formula is C16H23N3O. The molecule has 1 amide bonds. The smallest absolute Gasteiger partial charge is 0.236 e. The van der Waals surface area contributed by atoms with Crippen molar-refractivity contribution in [1.29, 1.82) is 0 Å². The lowest BCUT2D eigenvalue weighted by molar-refractivity contribution is -0.131. The number of nitrogens with zero attached hydrogens (tertiary/aromatic N) is 2. The fourth-order valence-corrected chi connectivity index (χ4v) is 3.06. The van der Waals surface area contributed by atoms with Crippen molar-refractivity contribution in [2.45, 2.75) is 30.8 Å². The highest BCUT2D eigenvalue weighted by atomic mass is 16.2. The van der Waals surface area contributed by atoms with E-state index >= 15 is 0 Å². The highest BCUT2D eigenvalue weighted by molar-refractivity contribution is 5.78. The normalized spacial score (nSPS) is 26.7. The van der Waals surface area contributed by atoms with Gasteiger partial charge in [-0.1, -0.05) is 30.3 Å². The first-order valence-electron chi connectivity index (χ1n) is 7.43. The van der Waals surface area contributed by atoms with E-state index in [9.17, 15) is 4.79 Å². The highest BCUT2D eigenvalue weighted by Gasteiger charge is 2.34. The molecule has 2 atom stereocenters. The second-order valence-corrected chi connectivity index (χ2v) is 6.11. The van der Waals surface area contributed by atoms with Crippen LogP contribution in [0.25, 0.3) is 0 Å². The second-order valence-electron chi connectivity index (χ2n) is 6.11. The van der Waals surface area contributed by atoms with Crippen LogP contribution in [0.5, 0.6) is 0 Å². The molecule has 0 unspecified atom stereocenters. The van der Waals surface area contributed by atoms with E-state index in [1.54, 1.807) is 0 Å². The first kappa shape index (κ1) is 13.6. The lowest BCUT2D eigenvalue weighted by atomic mass is 9.95. The van der Waals surface area contributed by atoms with E-state index in [-0.39, 0.29) is 11.9 Å². The Hall–Kier alpha value is -1.39. The van der Waals surface area contributed by atoms with E-state index in [1.807, 2.05) is 18.0 Å². The minimum Gasteiger partial charge on any atom is -0.342 e. The van der Waals surface area contributed by atoms with Crippen molar-refractivity contribution in [3.05, 3.63) is 35.9 Å². The van der Waals surface area contributed by atoms with E-state index in [0.717, 1.165) is 25.9 Å². The van der Waals surface area contributed by atoms with Crippen molar-refractivity contribution in [1.82, 2.24) is 9.80 Å². The zero-order chi connectivity index (χ0) is 14.1. The number of likely N-dealkylation sites (N-methyl/N-ethyl adjacent to an activating group) is 1. The van der Waals surface area contributed by atoms with Crippen LogP contribution < -0.4 is 5.73 Å². The predicted octanol–water partition coefficient (Wildman–Crippen LogP) is 1.03. The lowest BCUT2D eigenvalue weighted by Gasteiger charge is -2.21. The molecule has 1 aliphatic heterocycles. The van der Waals surface area contributed by atoms with Crippen molar-refractivity contribution < 1.29 is 4.79 Å². The molecule has 108 valence electrons. The maximum atomic E-state index is 12.2. The average molecular weight is 273 g/mol. The number of carbonyl (C=O) groups is 1. The van der Waals surface area contributed by atoms with Crippen LogP contribution in [-0.2, 0) is 4.79 Å². The van der Waals surface area contributed by atoms with Gasteiger partial charge in [0.25, 0.3) is 0 Å². The third-order valence-electron chi connectivity index (χ3n) is 4.52. The number of benzene rings is 1. The third kappa shape index (κ3) is 2.86. The summed E-state index contributed by atoms with van der Waals surface area (Å²) in [4.78, 5) is 16.3. The fraction of sp³-hybridized carbons (Fsp3) is 0.562. The Balaban J connectivity index is 1.59. The predicted molar refractivity (Wildman–Crippen MR) is 79.4 cm³/mol. The Bertz CT molecular complexity index is 472. The standard InChI is InChI=1S/C16H23N3O/c1-18(13-7-8-13)16(20)11-19-9-14(15(17)10-19)12-5-3-2-4-6-12/h2-6,13-15H,7-11,17H2,1H3/t14-,15+/m0/s1. The summed E-state index contributed by atoms with van der Waals surface area (Å²) in [7, 11) is 1.92. The van der Waals surface area contributed by atoms with Crippen LogP contribution >= 0.6 is 0 Å². The molecule has 1 aromatic rings. The van der Waals surface area contributed by atoms with E-state index in [1.165, 1.54) is 5.56 Å². The molecule has 3 rings (SSSR count). The molecule has 1 aliphatic carbocycles. The Morgan fingerprint density at radius 2 is 2.00 bits per heavy atom. The molecule has 1 saturated carbocycles. The van der Waals surface area contributed by atoms with Gasteiger partial charge < -0.3 is 10.6 Å². The number of hydrogen-bond donors (Lipinski definition) is 1. The fourth-order valence-electron chi connectivity index (χ4n) is 3.06. The summed E-state index contributed by atoms with van der Waals surface area (Å²) in [6.07, 6.45) is 2.32. The lowest BCUT2D eigenvalue weighted by Crippen LogP contribution is -2.39. The topological polar surface area (TPSA) is 49.6 Å². The summed E-state index contributed by atoms with van der Waals surface area (Å²) in [5, 5.41) is 0. The molecule has 2 fully saturated rings. The number of amides is 1. The average Bonchev–Trinajstić information content (AvgIpc) is 3.23. The molecule has 4 nitrogen and oxygen atoms in total. The molecule has 20 heavy (non-hydrogen) atoms. The Labute approximate surface area is 120 Å². The minimum atomic E-state index is 0.122. The van der Waals surface area contributed by atoms with Gasteiger partial charge in [-0.15, -0.1) is 0 Å². The molecule has 1 saturated heterocycles. The number of hydrogen-bond acceptors (Lipinski definition) is 3. The number of nitrogens with two attached hydrogens (primary N) is 1. The van der Waals surface area contributed by atoms with Gasteiger partial charge in [0, 0.05) is 38.1 Å². The van der Waals surface area contributed by atoms with Crippen molar-refractivity contribution in [3.8, 4) is 0 Å². The van der Waals surface area contributed by atoms with Crippen LogP contribution in [0.15, 0.2) is 30.3 Å². The zero-order valence-corrected chi connectivity index (χ0v) is 12.0. The van der Waals surface area contributed by atoms with Crippen LogP contribution in [0.1, 0.15) is 24.3 Å². The SMILES string of the molecule is CN(C(=O)CN1C[C@@H](N)[C@H](c2ccccc2)C1)C1CC1. The van der Waals surface area contributed by atoms with Crippen molar-refractivity contribution in [2.75, 3.05) is 26.7 Å². The maximum absolute atomic E-state index is 12.2. The summed E-state index contributed by atoms with van der Waals surface area (Å²) in [6.45, 7) is 2.20. The quantitative estimate of drug-likeness (QED) is 0.891. The maximum Gasteiger partial charge on any atom is 0.236 e. The van der Waals surface area contributed by atoms with Crippen LogP contribution in [0.2, 0.25) is 0 Å². The molecule has 0 bridgehead atoms. The van der Waals surface area contributed by atoms with E-state index in [0.29, 0.717) is 18.5 Å². The molecule has 0 radical (unpaired) electrons. The van der Waals surface area contributed by atoms with Gasteiger partial charge in [0.2, 0.25) is 5.91 Å². The summed E-state index contributed by atoms with van der Waals surface area (Å²) in [5.74, 6) is 0.573. The molecule has 2 aliphatic rings. The number of rotatable bonds is 4. The van der Waals surface area contributed by atoms with Gasteiger partial charge in [0.1, 0.15) is 0 Å². The van der Waals surface area contributed by atoms with Crippen molar-refractivity contribution >= 4 is 5.91 Å². The molecule has 0 aromatic heterocycles. The van der Waals surface area contributed by atoms with E-state index in [4.69, 9.17) is 5.73 Å². The highest BCUT2D eigenvalue weighted by Crippen LogP contribution is 2.28. The van der Waals surface area contributed by atoms with E-state index in [2.05, 4.69) is 29.2 Å². The number of carbonyl (C=O) groups excluding carboxylic acids is 1. The molecule has 2 N–H and O–H groups in total. The van der Waals surface area contributed by atoms with Crippen LogP contribution in [0.3, 0.4) is 0 Å². The molecule has 1 aromatic carbocycles. The largest absolute Gasteiger partial charge is 0.342 e. The summed E-state index contributed by atoms with van der Waals surface area (Å²) in [6, 6.07) is 11.0. The van der Waals surface area contributed by atoms with Crippen LogP contribution in [0.4, 0.5) is 0 Å².